The molecule has 0 aliphatic carbocycles. The van der Waals surface area contributed by atoms with Crippen molar-refractivity contribution in [2.75, 3.05) is 24.2 Å². The number of hydrogen-bond acceptors (Lipinski definition) is 5. The molecule has 0 spiro atoms. The van der Waals surface area contributed by atoms with Gasteiger partial charge in [0.1, 0.15) is 0 Å². The summed E-state index contributed by atoms with van der Waals surface area (Å²) >= 11 is 0. The number of carbonyl (C=O) groups is 2. The Kier molecular flexibility index (Phi) is 4.98. The van der Waals surface area contributed by atoms with Gasteiger partial charge in [0.2, 0.25) is 5.91 Å². The molecule has 1 amide bonds. The highest BCUT2D eigenvalue weighted by atomic mass is 16.5. The Balaban J connectivity index is 2.58. The van der Waals surface area contributed by atoms with E-state index in [2.05, 4.69) is 5.32 Å². The lowest BCUT2D eigenvalue weighted by atomic mass is 10.1. The summed E-state index contributed by atoms with van der Waals surface area (Å²) < 4.78 is 4.79. The highest BCUT2D eigenvalue weighted by Gasteiger charge is 2.06. The Bertz CT molecular complexity index is 446. The van der Waals surface area contributed by atoms with Crippen LogP contribution in [0.2, 0.25) is 0 Å². The predicted molar refractivity (Wildman–Crippen MR) is 69.1 cm³/mol. The van der Waals surface area contributed by atoms with Crippen LogP contribution in [0, 0.1) is 0 Å². The van der Waals surface area contributed by atoms with E-state index >= 15 is 0 Å². The van der Waals surface area contributed by atoms with Crippen LogP contribution in [-0.4, -0.2) is 25.0 Å². The van der Waals surface area contributed by atoms with Crippen LogP contribution < -0.4 is 16.8 Å². The van der Waals surface area contributed by atoms with Gasteiger partial charge in [-0.15, -0.1) is 0 Å². The summed E-state index contributed by atoms with van der Waals surface area (Å²) in [5, 5.41) is 2.96. The largest absolute Gasteiger partial charge is 0.466 e. The van der Waals surface area contributed by atoms with E-state index in [0.29, 0.717) is 30.1 Å². The number of esters is 1. The average Bonchev–Trinajstić information content (AvgIpc) is 2.31. The molecule has 6 nitrogen and oxygen atoms in total. The number of carbonyl (C=O) groups excluding carboxylic acids is 2. The molecule has 98 valence electrons. The van der Waals surface area contributed by atoms with Gasteiger partial charge in [-0.25, -0.2) is 0 Å². The second kappa shape index (κ2) is 6.48. The monoisotopic (exact) mass is 251 g/mol. The van der Waals surface area contributed by atoms with E-state index in [9.17, 15) is 9.59 Å². The SMILES string of the molecule is CCOC(=O)CCNc1cc(C(N)=O)ccc1N. The van der Waals surface area contributed by atoms with Gasteiger partial charge in [0.15, 0.2) is 0 Å². The summed E-state index contributed by atoms with van der Waals surface area (Å²) in [5.74, 6) is -0.807. The summed E-state index contributed by atoms with van der Waals surface area (Å²) in [7, 11) is 0. The van der Waals surface area contributed by atoms with E-state index < -0.39 is 5.91 Å². The molecule has 1 rings (SSSR count). The van der Waals surface area contributed by atoms with Crippen LogP contribution >= 0.6 is 0 Å². The van der Waals surface area contributed by atoms with Crippen molar-refractivity contribution in [3.05, 3.63) is 23.8 Å². The molecule has 0 radical (unpaired) electrons. The summed E-state index contributed by atoms with van der Waals surface area (Å²) in [6.07, 6.45) is 0.230. The van der Waals surface area contributed by atoms with E-state index in [4.69, 9.17) is 16.2 Å². The maximum Gasteiger partial charge on any atom is 0.307 e. The Hall–Kier alpha value is -2.24. The van der Waals surface area contributed by atoms with E-state index in [1.165, 1.54) is 0 Å². The van der Waals surface area contributed by atoms with Gasteiger partial charge in [-0.05, 0) is 25.1 Å². The first kappa shape index (κ1) is 13.8. The highest BCUT2D eigenvalue weighted by molar-refractivity contribution is 5.94. The minimum atomic E-state index is -0.525. The molecular weight excluding hydrogens is 234 g/mol. The van der Waals surface area contributed by atoms with Crippen LogP contribution in [0.25, 0.3) is 0 Å². The van der Waals surface area contributed by atoms with Crippen molar-refractivity contribution in [3.8, 4) is 0 Å². The molecule has 0 aliphatic heterocycles. The van der Waals surface area contributed by atoms with E-state index in [-0.39, 0.29) is 12.4 Å². The lowest BCUT2D eigenvalue weighted by molar-refractivity contribution is -0.142. The minimum absolute atomic E-state index is 0.230. The zero-order valence-corrected chi connectivity index (χ0v) is 10.2. The number of primary amides is 1. The standard InChI is InChI=1S/C12H17N3O3/c1-2-18-11(16)5-6-15-10-7-8(12(14)17)3-4-9(10)13/h3-4,7,15H,2,5-6,13H2,1H3,(H2,14,17). The number of nitrogens with two attached hydrogens (primary N) is 2. The quantitative estimate of drug-likeness (QED) is 0.510. The fourth-order valence-electron chi connectivity index (χ4n) is 1.40. The van der Waals surface area contributed by atoms with Gasteiger partial charge < -0.3 is 21.5 Å². The second-order valence-electron chi connectivity index (χ2n) is 3.65. The molecule has 0 aliphatic rings. The number of ether oxygens (including phenoxy) is 1. The molecule has 0 saturated carbocycles. The first-order valence-electron chi connectivity index (χ1n) is 5.63. The Morgan fingerprint density at radius 1 is 1.39 bits per heavy atom. The molecular formula is C12H17N3O3. The third-order valence-corrected chi connectivity index (χ3v) is 2.29. The van der Waals surface area contributed by atoms with Gasteiger partial charge in [0.25, 0.3) is 0 Å². The number of nitrogen functional groups attached to an aromatic ring is 1. The summed E-state index contributed by atoms with van der Waals surface area (Å²) in [6.45, 7) is 2.49. The number of hydrogen-bond donors (Lipinski definition) is 3. The smallest absolute Gasteiger partial charge is 0.307 e. The van der Waals surface area contributed by atoms with Gasteiger partial charge in [0, 0.05) is 12.1 Å². The van der Waals surface area contributed by atoms with Crippen LogP contribution in [0.1, 0.15) is 23.7 Å². The van der Waals surface area contributed by atoms with Gasteiger partial charge in [-0.2, -0.15) is 0 Å². The van der Waals surface area contributed by atoms with E-state index in [0.717, 1.165) is 0 Å². The van der Waals surface area contributed by atoms with Gasteiger partial charge in [-0.3, -0.25) is 9.59 Å². The fourth-order valence-corrected chi connectivity index (χ4v) is 1.40. The highest BCUT2D eigenvalue weighted by Crippen LogP contribution is 2.19. The maximum absolute atomic E-state index is 11.1. The van der Waals surface area contributed by atoms with Crippen molar-refractivity contribution in [1.29, 1.82) is 0 Å². The minimum Gasteiger partial charge on any atom is -0.466 e. The third kappa shape index (κ3) is 3.97. The van der Waals surface area contributed by atoms with Gasteiger partial charge in [-0.1, -0.05) is 0 Å². The first-order valence-corrected chi connectivity index (χ1v) is 5.63. The maximum atomic E-state index is 11.1. The van der Waals surface area contributed by atoms with Crippen molar-refractivity contribution >= 4 is 23.3 Å². The van der Waals surface area contributed by atoms with Gasteiger partial charge >= 0.3 is 5.97 Å². The normalized spacial score (nSPS) is 9.83. The van der Waals surface area contributed by atoms with E-state index in [1.807, 2.05) is 0 Å². The molecule has 6 heteroatoms. The predicted octanol–water partition coefficient (Wildman–Crippen LogP) is 0.733. The number of nitrogens with one attached hydrogen (secondary N) is 1. The van der Waals surface area contributed by atoms with Crippen molar-refractivity contribution in [3.63, 3.8) is 0 Å². The second-order valence-corrected chi connectivity index (χ2v) is 3.65. The third-order valence-electron chi connectivity index (χ3n) is 2.29. The molecule has 0 bridgehead atoms. The Labute approximate surface area is 105 Å². The zero-order valence-electron chi connectivity index (χ0n) is 10.2. The average molecular weight is 251 g/mol. The zero-order chi connectivity index (χ0) is 13.5. The Morgan fingerprint density at radius 3 is 2.72 bits per heavy atom. The molecule has 5 N–H and O–H groups in total. The topological polar surface area (TPSA) is 107 Å². The lowest BCUT2D eigenvalue weighted by Crippen LogP contribution is -2.14. The molecule has 0 aromatic heterocycles. The lowest BCUT2D eigenvalue weighted by Gasteiger charge is -2.10. The number of rotatable bonds is 6. The molecule has 0 saturated heterocycles. The van der Waals surface area contributed by atoms with Gasteiger partial charge in [0.05, 0.1) is 24.4 Å². The van der Waals surface area contributed by atoms with Crippen molar-refractivity contribution < 1.29 is 14.3 Å². The first-order chi connectivity index (χ1) is 8.54. The summed E-state index contributed by atoms with van der Waals surface area (Å²) in [6, 6.07) is 4.70. The fraction of sp³-hybridized carbons (Fsp3) is 0.333. The summed E-state index contributed by atoms with van der Waals surface area (Å²) in [4.78, 5) is 22.1. The van der Waals surface area contributed by atoms with E-state index in [1.54, 1.807) is 25.1 Å². The van der Waals surface area contributed by atoms with Crippen molar-refractivity contribution in [1.82, 2.24) is 0 Å². The van der Waals surface area contributed by atoms with Crippen LogP contribution in [0.3, 0.4) is 0 Å². The molecule has 18 heavy (non-hydrogen) atoms. The molecule has 0 fully saturated rings. The molecule has 1 aromatic rings. The molecule has 0 atom stereocenters. The van der Waals surface area contributed by atoms with Crippen LogP contribution in [0.15, 0.2) is 18.2 Å². The summed E-state index contributed by atoms with van der Waals surface area (Å²) in [5.41, 5.74) is 12.3. The molecule has 1 aromatic carbocycles. The van der Waals surface area contributed by atoms with Crippen LogP contribution in [-0.2, 0) is 9.53 Å². The number of benzene rings is 1. The number of amides is 1. The van der Waals surface area contributed by atoms with Crippen molar-refractivity contribution in [2.45, 2.75) is 13.3 Å². The van der Waals surface area contributed by atoms with Crippen LogP contribution in [0.4, 0.5) is 11.4 Å². The Morgan fingerprint density at radius 2 is 2.11 bits per heavy atom. The molecule has 0 heterocycles. The number of anilines is 2. The van der Waals surface area contributed by atoms with Crippen LogP contribution in [0.5, 0.6) is 0 Å². The molecule has 0 unspecified atom stereocenters. The van der Waals surface area contributed by atoms with Crippen molar-refractivity contribution in [2.24, 2.45) is 5.73 Å².